The molecule has 1 aromatic heterocycles. The third-order valence-electron chi connectivity index (χ3n) is 4.22. The van der Waals surface area contributed by atoms with Crippen LogP contribution >= 0.6 is 0 Å². The van der Waals surface area contributed by atoms with Gasteiger partial charge in [0.05, 0.1) is 19.4 Å². The maximum Gasteiger partial charge on any atom is 0.316 e. The van der Waals surface area contributed by atoms with Gasteiger partial charge >= 0.3 is 6.01 Å². The van der Waals surface area contributed by atoms with Crippen molar-refractivity contribution in [2.24, 2.45) is 0 Å². The Bertz CT molecular complexity index is 900. The van der Waals surface area contributed by atoms with Gasteiger partial charge in [0.25, 0.3) is 11.8 Å². The summed E-state index contributed by atoms with van der Waals surface area (Å²) >= 11 is 0. The van der Waals surface area contributed by atoms with Gasteiger partial charge in [-0.2, -0.15) is 4.98 Å². The average molecular weight is 410 g/mol. The Morgan fingerprint density at radius 2 is 2.00 bits per heavy atom. The van der Waals surface area contributed by atoms with E-state index in [9.17, 15) is 9.59 Å². The van der Waals surface area contributed by atoms with E-state index in [-0.39, 0.29) is 18.3 Å². The van der Waals surface area contributed by atoms with Crippen molar-refractivity contribution in [3.8, 4) is 17.3 Å². The molecule has 0 bridgehead atoms. The van der Waals surface area contributed by atoms with Gasteiger partial charge in [-0.25, -0.2) is 10.0 Å². The first kappa shape index (κ1) is 22.8. The molecule has 0 saturated carbocycles. The molecule has 1 atom stereocenters. The highest BCUT2D eigenvalue weighted by Gasteiger charge is 2.25. The van der Waals surface area contributed by atoms with E-state index in [2.05, 4.69) is 28.4 Å². The SMILES string of the molecule is C=CCCOc1nccc(-c2ccccc2C(=O)N[C@@H](CC=C)C(=O)N(C)OC)n1. The molecule has 8 nitrogen and oxygen atoms in total. The molecule has 158 valence electrons. The van der Waals surface area contributed by atoms with Gasteiger partial charge in [-0.3, -0.25) is 14.4 Å². The van der Waals surface area contributed by atoms with Crippen LogP contribution in [0.3, 0.4) is 0 Å². The Labute approximate surface area is 176 Å². The van der Waals surface area contributed by atoms with Gasteiger partial charge in [0.2, 0.25) is 0 Å². The first-order chi connectivity index (χ1) is 14.5. The van der Waals surface area contributed by atoms with Crippen LogP contribution in [0.2, 0.25) is 0 Å². The summed E-state index contributed by atoms with van der Waals surface area (Å²) in [5.74, 6) is -0.800. The van der Waals surface area contributed by atoms with Gasteiger partial charge in [0.15, 0.2) is 0 Å². The number of benzene rings is 1. The Kier molecular flexibility index (Phi) is 8.71. The first-order valence-corrected chi connectivity index (χ1v) is 9.41. The second-order valence-electron chi connectivity index (χ2n) is 6.26. The van der Waals surface area contributed by atoms with E-state index in [4.69, 9.17) is 9.57 Å². The van der Waals surface area contributed by atoms with Crippen molar-refractivity contribution < 1.29 is 19.2 Å². The predicted molar refractivity (Wildman–Crippen MR) is 114 cm³/mol. The largest absolute Gasteiger partial charge is 0.463 e. The van der Waals surface area contributed by atoms with Crippen LogP contribution in [-0.4, -0.2) is 53.7 Å². The van der Waals surface area contributed by atoms with Crippen LogP contribution in [-0.2, 0) is 9.63 Å². The molecule has 0 aliphatic heterocycles. The molecule has 0 spiro atoms. The van der Waals surface area contributed by atoms with Gasteiger partial charge in [-0.1, -0.05) is 30.4 Å². The standard InChI is InChI=1S/C22H26N4O4/c1-5-7-15-30-22-23-14-13-18(25-22)16-11-8-9-12-17(16)20(27)24-19(10-6-2)21(28)26(3)29-4/h5-6,8-9,11-14,19H,1-2,7,10,15H2,3-4H3,(H,24,27)/t19-/m0/s1. The molecule has 0 aliphatic carbocycles. The van der Waals surface area contributed by atoms with E-state index >= 15 is 0 Å². The molecule has 2 amide bonds. The van der Waals surface area contributed by atoms with E-state index in [1.165, 1.54) is 14.2 Å². The van der Waals surface area contributed by atoms with Crippen molar-refractivity contribution in [1.29, 1.82) is 0 Å². The van der Waals surface area contributed by atoms with Gasteiger partial charge in [-0.05, 0) is 25.0 Å². The molecule has 2 aromatic rings. The highest BCUT2D eigenvalue weighted by molar-refractivity contribution is 6.02. The quantitative estimate of drug-likeness (QED) is 0.348. The van der Waals surface area contributed by atoms with Crippen LogP contribution in [0.15, 0.2) is 61.8 Å². The van der Waals surface area contributed by atoms with Crippen LogP contribution in [0.25, 0.3) is 11.3 Å². The van der Waals surface area contributed by atoms with Crippen molar-refractivity contribution in [2.75, 3.05) is 20.8 Å². The number of ether oxygens (including phenoxy) is 1. The number of hydrogen-bond acceptors (Lipinski definition) is 6. The van der Waals surface area contributed by atoms with Crippen molar-refractivity contribution in [3.05, 3.63) is 67.4 Å². The molecule has 1 heterocycles. The molecular formula is C22H26N4O4. The van der Waals surface area contributed by atoms with Gasteiger partial charge in [0, 0.05) is 24.4 Å². The van der Waals surface area contributed by atoms with E-state index in [0.29, 0.717) is 29.8 Å². The normalized spacial score (nSPS) is 11.3. The molecule has 1 aromatic carbocycles. The molecule has 30 heavy (non-hydrogen) atoms. The molecular weight excluding hydrogens is 384 g/mol. The number of carbonyl (C=O) groups excluding carboxylic acids is 2. The maximum absolute atomic E-state index is 13.0. The van der Waals surface area contributed by atoms with Crippen LogP contribution in [0.5, 0.6) is 6.01 Å². The average Bonchev–Trinajstić information content (AvgIpc) is 2.78. The summed E-state index contributed by atoms with van der Waals surface area (Å²) in [4.78, 5) is 38.9. The predicted octanol–water partition coefficient (Wildman–Crippen LogP) is 2.79. The summed E-state index contributed by atoms with van der Waals surface area (Å²) in [7, 11) is 2.86. The number of rotatable bonds is 11. The number of hydroxylamine groups is 2. The molecule has 1 N–H and O–H groups in total. The van der Waals surface area contributed by atoms with Gasteiger partial charge < -0.3 is 10.1 Å². The minimum Gasteiger partial charge on any atom is -0.463 e. The van der Waals surface area contributed by atoms with Gasteiger partial charge in [0.1, 0.15) is 6.04 Å². The third-order valence-corrected chi connectivity index (χ3v) is 4.22. The molecule has 0 unspecified atom stereocenters. The zero-order valence-corrected chi connectivity index (χ0v) is 17.2. The zero-order valence-electron chi connectivity index (χ0n) is 17.2. The molecule has 0 fully saturated rings. The number of aromatic nitrogens is 2. The maximum atomic E-state index is 13.0. The lowest BCUT2D eigenvalue weighted by molar-refractivity contribution is -0.170. The minimum atomic E-state index is -0.809. The Morgan fingerprint density at radius 3 is 2.70 bits per heavy atom. The second kappa shape index (κ2) is 11.5. The molecule has 0 radical (unpaired) electrons. The van der Waals surface area contributed by atoms with E-state index in [0.717, 1.165) is 5.06 Å². The topological polar surface area (TPSA) is 93.6 Å². The lowest BCUT2D eigenvalue weighted by atomic mass is 10.0. The van der Waals surface area contributed by atoms with Gasteiger partial charge in [-0.15, -0.1) is 13.2 Å². The van der Waals surface area contributed by atoms with E-state index in [1.807, 2.05) is 0 Å². The van der Waals surface area contributed by atoms with E-state index in [1.54, 1.807) is 48.7 Å². The molecule has 8 heteroatoms. The third kappa shape index (κ3) is 5.99. The summed E-state index contributed by atoms with van der Waals surface area (Å²) < 4.78 is 5.51. The smallest absolute Gasteiger partial charge is 0.316 e. The van der Waals surface area contributed by atoms with Crippen LogP contribution in [0.1, 0.15) is 23.2 Å². The zero-order chi connectivity index (χ0) is 21.9. The van der Waals surface area contributed by atoms with Crippen molar-refractivity contribution in [1.82, 2.24) is 20.3 Å². The number of hydrogen-bond donors (Lipinski definition) is 1. The lowest BCUT2D eigenvalue weighted by Crippen LogP contribution is -2.46. The number of likely N-dealkylation sites (N-methyl/N-ethyl adjacent to an activating group) is 1. The van der Waals surface area contributed by atoms with E-state index < -0.39 is 11.9 Å². The van der Waals surface area contributed by atoms with Crippen molar-refractivity contribution in [2.45, 2.75) is 18.9 Å². The summed E-state index contributed by atoms with van der Waals surface area (Å²) in [6, 6.07) is 8.08. The fraction of sp³-hybridized carbons (Fsp3) is 0.273. The highest BCUT2D eigenvalue weighted by atomic mass is 16.7. The number of nitrogens with one attached hydrogen (secondary N) is 1. The summed E-state index contributed by atoms with van der Waals surface area (Å²) in [6.45, 7) is 7.71. The molecule has 2 rings (SSSR count). The summed E-state index contributed by atoms with van der Waals surface area (Å²) in [6.07, 6.45) is 5.80. The number of amides is 2. The summed E-state index contributed by atoms with van der Waals surface area (Å²) in [5, 5.41) is 3.82. The van der Waals surface area contributed by atoms with Crippen LogP contribution in [0, 0.1) is 0 Å². The first-order valence-electron chi connectivity index (χ1n) is 9.41. The van der Waals surface area contributed by atoms with Crippen molar-refractivity contribution >= 4 is 11.8 Å². The van der Waals surface area contributed by atoms with Crippen molar-refractivity contribution in [3.63, 3.8) is 0 Å². The summed E-state index contributed by atoms with van der Waals surface area (Å²) in [5.41, 5.74) is 1.50. The Morgan fingerprint density at radius 1 is 1.23 bits per heavy atom. The number of nitrogens with zero attached hydrogens (tertiary/aromatic N) is 3. The Balaban J connectivity index is 2.28. The fourth-order valence-corrected chi connectivity index (χ4v) is 2.63. The Hall–Kier alpha value is -3.52. The van der Waals surface area contributed by atoms with Crippen LogP contribution in [0.4, 0.5) is 0 Å². The highest BCUT2D eigenvalue weighted by Crippen LogP contribution is 2.23. The lowest BCUT2D eigenvalue weighted by Gasteiger charge is -2.22. The number of carbonyl (C=O) groups is 2. The molecule has 0 aliphatic rings. The molecule has 0 saturated heterocycles. The van der Waals surface area contributed by atoms with Crippen LogP contribution < -0.4 is 10.1 Å². The monoisotopic (exact) mass is 410 g/mol. The second-order valence-corrected chi connectivity index (χ2v) is 6.26. The fourth-order valence-electron chi connectivity index (χ4n) is 2.63. The minimum absolute atomic E-state index is 0.214.